The average Bonchev–Trinajstić information content (AvgIpc) is 3.20. The van der Waals surface area contributed by atoms with Crippen LogP contribution in [0.3, 0.4) is 0 Å². The molecule has 0 bridgehead atoms. The number of nitrogens with one attached hydrogen (secondary N) is 1. The lowest BCUT2D eigenvalue weighted by atomic mass is 10.1. The summed E-state index contributed by atoms with van der Waals surface area (Å²) in [6.07, 6.45) is 3.82. The SMILES string of the molecule is O=C(Nc1ccc(Cl)cc1)C1C2CC(Oc3ccnc4ccccc34)CC21. The number of anilines is 1. The maximum absolute atomic E-state index is 12.5. The van der Waals surface area contributed by atoms with Gasteiger partial charge in [0.2, 0.25) is 5.91 Å². The molecule has 2 atom stereocenters. The molecular weight excluding hydrogens is 360 g/mol. The van der Waals surface area contributed by atoms with E-state index >= 15 is 0 Å². The van der Waals surface area contributed by atoms with Gasteiger partial charge in [0.25, 0.3) is 0 Å². The lowest BCUT2D eigenvalue weighted by molar-refractivity contribution is -0.118. The Morgan fingerprint density at radius 2 is 1.78 bits per heavy atom. The highest BCUT2D eigenvalue weighted by molar-refractivity contribution is 6.30. The molecule has 5 rings (SSSR count). The smallest absolute Gasteiger partial charge is 0.228 e. The molecular formula is C22H19ClN2O2. The molecule has 136 valence electrons. The number of hydrogen-bond donors (Lipinski definition) is 1. The Bertz CT molecular complexity index is 987. The van der Waals surface area contributed by atoms with Gasteiger partial charge in [0.05, 0.1) is 11.6 Å². The van der Waals surface area contributed by atoms with Gasteiger partial charge in [-0.25, -0.2) is 0 Å². The minimum Gasteiger partial charge on any atom is -0.490 e. The number of halogens is 1. The summed E-state index contributed by atoms with van der Waals surface area (Å²) in [5.41, 5.74) is 1.74. The van der Waals surface area contributed by atoms with Gasteiger partial charge in [-0.2, -0.15) is 0 Å². The van der Waals surface area contributed by atoms with E-state index in [0.717, 1.165) is 35.2 Å². The molecule has 0 spiro atoms. The summed E-state index contributed by atoms with van der Waals surface area (Å²) in [5.74, 6) is 1.95. The summed E-state index contributed by atoms with van der Waals surface area (Å²) in [6, 6.07) is 17.2. The van der Waals surface area contributed by atoms with Crippen LogP contribution in [0, 0.1) is 17.8 Å². The summed E-state index contributed by atoms with van der Waals surface area (Å²) in [6.45, 7) is 0. The third-order valence-corrected chi connectivity index (χ3v) is 5.97. The molecule has 2 unspecified atom stereocenters. The van der Waals surface area contributed by atoms with Gasteiger partial charge in [0.15, 0.2) is 0 Å². The van der Waals surface area contributed by atoms with Crippen LogP contribution in [-0.2, 0) is 4.79 Å². The standard InChI is InChI=1S/C22H19ClN2O2/c23-13-5-7-14(8-6-13)25-22(26)21-17-11-15(12-18(17)21)27-20-9-10-24-19-4-2-1-3-16(19)20/h1-10,15,17-18,21H,11-12H2,(H,25,26). The Morgan fingerprint density at radius 1 is 1.04 bits per heavy atom. The number of pyridine rings is 1. The van der Waals surface area contributed by atoms with Crippen molar-refractivity contribution in [2.45, 2.75) is 18.9 Å². The van der Waals surface area contributed by atoms with Crippen LogP contribution < -0.4 is 10.1 Å². The van der Waals surface area contributed by atoms with Crippen LogP contribution in [0.2, 0.25) is 5.02 Å². The fraction of sp³-hybridized carbons (Fsp3) is 0.273. The third kappa shape index (κ3) is 3.15. The topological polar surface area (TPSA) is 51.2 Å². The number of benzene rings is 2. The molecule has 2 fully saturated rings. The van der Waals surface area contributed by atoms with Crippen molar-refractivity contribution in [3.8, 4) is 5.75 Å². The van der Waals surface area contributed by atoms with Crippen LogP contribution in [0.25, 0.3) is 10.9 Å². The molecule has 1 N–H and O–H groups in total. The van der Waals surface area contributed by atoms with Crippen molar-refractivity contribution in [2.24, 2.45) is 17.8 Å². The quantitative estimate of drug-likeness (QED) is 0.700. The summed E-state index contributed by atoms with van der Waals surface area (Å²) < 4.78 is 6.26. The summed E-state index contributed by atoms with van der Waals surface area (Å²) in [5, 5.41) is 4.71. The molecule has 4 nitrogen and oxygen atoms in total. The molecule has 27 heavy (non-hydrogen) atoms. The number of hydrogen-bond acceptors (Lipinski definition) is 3. The van der Waals surface area contributed by atoms with Crippen molar-refractivity contribution >= 4 is 34.1 Å². The Hall–Kier alpha value is -2.59. The van der Waals surface area contributed by atoms with Gasteiger partial charge in [-0.1, -0.05) is 23.7 Å². The number of nitrogens with zero attached hydrogens (tertiary/aromatic N) is 1. The normalized spacial score (nSPS) is 25.8. The second kappa shape index (κ2) is 6.54. The van der Waals surface area contributed by atoms with E-state index in [0.29, 0.717) is 16.9 Å². The van der Waals surface area contributed by atoms with Crippen molar-refractivity contribution in [2.75, 3.05) is 5.32 Å². The Labute approximate surface area is 162 Å². The number of fused-ring (bicyclic) bond motifs is 2. The van der Waals surface area contributed by atoms with Gasteiger partial charge < -0.3 is 10.1 Å². The first kappa shape index (κ1) is 16.6. The van der Waals surface area contributed by atoms with Gasteiger partial charge in [-0.3, -0.25) is 9.78 Å². The molecule has 0 aliphatic heterocycles. The third-order valence-electron chi connectivity index (χ3n) is 5.72. The number of aromatic nitrogens is 1. The van der Waals surface area contributed by atoms with Crippen LogP contribution in [0.15, 0.2) is 60.8 Å². The van der Waals surface area contributed by atoms with Crippen molar-refractivity contribution < 1.29 is 9.53 Å². The van der Waals surface area contributed by atoms with Crippen LogP contribution in [0.5, 0.6) is 5.75 Å². The van der Waals surface area contributed by atoms with Gasteiger partial charge in [-0.05, 0) is 67.1 Å². The maximum atomic E-state index is 12.5. The van der Waals surface area contributed by atoms with Crippen LogP contribution in [0.1, 0.15) is 12.8 Å². The predicted molar refractivity (Wildman–Crippen MR) is 106 cm³/mol. The summed E-state index contributed by atoms with van der Waals surface area (Å²) >= 11 is 5.89. The Balaban J connectivity index is 1.21. The first-order valence-corrected chi connectivity index (χ1v) is 9.64. The van der Waals surface area contributed by atoms with E-state index in [1.807, 2.05) is 42.5 Å². The maximum Gasteiger partial charge on any atom is 0.228 e. The lowest BCUT2D eigenvalue weighted by Gasteiger charge is -2.18. The number of rotatable bonds is 4. The predicted octanol–water partition coefficient (Wildman–Crippen LogP) is 4.93. The van der Waals surface area contributed by atoms with Gasteiger partial charge in [0.1, 0.15) is 5.75 Å². The Morgan fingerprint density at radius 3 is 2.56 bits per heavy atom. The van der Waals surface area contributed by atoms with E-state index in [9.17, 15) is 4.79 Å². The van der Waals surface area contributed by atoms with Crippen molar-refractivity contribution in [3.05, 3.63) is 65.8 Å². The zero-order valence-electron chi connectivity index (χ0n) is 14.6. The summed E-state index contributed by atoms with van der Waals surface area (Å²) in [4.78, 5) is 16.9. The molecule has 2 saturated carbocycles. The highest BCUT2D eigenvalue weighted by atomic mass is 35.5. The van der Waals surface area contributed by atoms with Crippen LogP contribution in [0.4, 0.5) is 5.69 Å². The van der Waals surface area contributed by atoms with Crippen molar-refractivity contribution in [3.63, 3.8) is 0 Å². The Kier molecular flexibility index (Phi) is 4.01. The van der Waals surface area contributed by atoms with Crippen LogP contribution >= 0.6 is 11.6 Å². The van der Waals surface area contributed by atoms with E-state index in [2.05, 4.69) is 10.3 Å². The van der Waals surface area contributed by atoms with E-state index < -0.39 is 0 Å². The molecule has 2 aliphatic carbocycles. The fourth-order valence-electron chi connectivity index (χ4n) is 4.39. The molecule has 0 saturated heterocycles. The monoisotopic (exact) mass is 378 g/mol. The van der Waals surface area contributed by atoms with Crippen molar-refractivity contribution in [1.82, 2.24) is 4.98 Å². The molecule has 1 aromatic heterocycles. The van der Waals surface area contributed by atoms with Gasteiger partial charge >= 0.3 is 0 Å². The molecule has 5 heteroatoms. The average molecular weight is 379 g/mol. The fourth-order valence-corrected chi connectivity index (χ4v) is 4.51. The molecule has 2 aromatic carbocycles. The number of para-hydroxylation sites is 1. The van der Waals surface area contributed by atoms with Crippen molar-refractivity contribution in [1.29, 1.82) is 0 Å². The number of carbonyl (C=O) groups excluding carboxylic acids is 1. The first-order valence-electron chi connectivity index (χ1n) is 9.26. The van der Waals surface area contributed by atoms with E-state index in [-0.39, 0.29) is 17.9 Å². The van der Waals surface area contributed by atoms with E-state index in [1.165, 1.54) is 0 Å². The molecule has 1 heterocycles. The van der Waals surface area contributed by atoms with Crippen LogP contribution in [-0.4, -0.2) is 17.0 Å². The minimum absolute atomic E-state index is 0.106. The molecule has 3 aromatic rings. The number of ether oxygens (including phenoxy) is 1. The zero-order valence-corrected chi connectivity index (χ0v) is 15.4. The van der Waals surface area contributed by atoms with E-state index in [4.69, 9.17) is 16.3 Å². The summed E-state index contributed by atoms with van der Waals surface area (Å²) in [7, 11) is 0. The second-order valence-corrected chi connectivity index (χ2v) is 7.82. The highest BCUT2D eigenvalue weighted by Gasteiger charge is 2.60. The molecule has 2 aliphatic rings. The molecule has 1 amide bonds. The first-order chi connectivity index (χ1) is 13.2. The van der Waals surface area contributed by atoms with E-state index in [1.54, 1.807) is 18.3 Å². The zero-order chi connectivity index (χ0) is 18.4. The lowest BCUT2D eigenvalue weighted by Crippen LogP contribution is -2.22. The van der Waals surface area contributed by atoms with Gasteiger partial charge in [0, 0.05) is 28.2 Å². The second-order valence-electron chi connectivity index (χ2n) is 7.39. The number of carbonyl (C=O) groups is 1. The van der Waals surface area contributed by atoms with Gasteiger partial charge in [-0.15, -0.1) is 0 Å². The minimum atomic E-state index is 0.106. The number of amides is 1. The molecule has 0 radical (unpaired) electrons. The largest absolute Gasteiger partial charge is 0.490 e. The highest BCUT2D eigenvalue weighted by Crippen LogP contribution is 2.58.